The van der Waals surface area contributed by atoms with Crippen molar-refractivity contribution in [2.45, 2.75) is 72.1 Å². The molecule has 0 aliphatic heterocycles. The van der Waals surface area contributed by atoms with Crippen LogP contribution in [-0.2, 0) is 14.4 Å². The number of carboxylic acid groups (broad SMARTS) is 1. The van der Waals surface area contributed by atoms with Crippen molar-refractivity contribution in [3.05, 3.63) is 11.6 Å². The number of carbonyl (C=O) groups excluding carboxylic acids is 2. The molecule has 0 radical (unpaired) electrons. The molecule has 0 bridgehead atoms. The van der Waals surface area contributed by atoms with Gasteiger partial charge in [0.2, 0.25) is 0 Å². The molecule has 0 aromatic heterocycles. The molecular weight excluding hydrogens is 393 g/mol. The fourth-order valence-electron chi connectivity index (χ4n) is 7.48. The Morgan fingerprint density at radius 1 is 1.14 bits per heavy atom. The van der Waals surface area contributed by atoms with E-state index in [1.54, 1.807) is 6.92 Å². The summed E-state index contributed by atoms with van der Waals surface area (Å²) in [5.74, 6) is 1.49. The minimum atomic E-state index is -1.25. The third kappa shape index (κ3) is 4.09. The Balaban J connectivity index is 0.00000240. The van der Waals surface area contributed by atoms with Gasteiger partial charge in [-0.25, -0.2) is 0 Å². The average Bonchev–Trinajstić information content (AvgIpc) is 2.99. The van der Waals surface area contributed by atoms with Crippen LogP contribution in [0, 0.1) is 34.5 Å². The molecule has 6 atom stereocenters. The molecule has 3 fully saturated rings. The van der Waals surface area contributed by atoms with Crippen LogP contribution >= 0.6 is 0 Å². The van der Waals surface area contributed by atoms with E-state index in [2.05, 4.69) is 25.1 Å². The van der Waals surface area contributed by atoms with Gasteiger partial charge in [0.15, 0.2) is 6.61 Å². The van der Waals surface area contributed by atoms with Crippen molar-refractivity contribution in [3.8, 4) is 0 Å². The van der Waals surface area contributed by atoms with Crippen LogP contribution in [0.5, 0.6) is 0 Å². The fourth-order valence-corrected chi connectivity index (χ4v) is 7.48. The second-order valence-electron chi connectivity index (χ2n) is 10.0. The number of hydrogen-bond donors (Lipinski definition) is 0. The Bertz CT molecular complexity index is 747. The number of ketones is 1. The van der Waals surface area contributed by atoms with Crippen molar-refractivity contribution in [2.75, 3.05) is 6.61 Å². The Labute approximate surface area is 216 Å². The number of carboxylic acids is 1. The molecule has 4 aliphatic rings. The van der Waals surface area contributed by atoms with Gasteiger partial charge < -0.3 is 14.7 Å². The van der Waals surface area contributed by atoms with E-state index in [9.17, 15) is 14.7 Å². The van der Waals surface area contributed by atoms with E-state index in [1.807, 2.05) is 0 Å². The van der Waals surface area contributed by atoms with Crippen molar-refractivity contribution < 1.29 is 70.9 Å². The van der Waals surface area contributed by atoms with Crippen LogP contribution in [0.1, 0.15) is 72.1 Å². The maximum Gasteiger partial charge on any atom is 1.00 e. The van der Waals surface area contributed by atoms with Gasteiger partial charge in [-0.1, -0.05) is 24.6 Å². The van der Waals surface area contributed by atoms with Crippen LogP contribution < -0.4 is 56.5 Å². The van der Waals surface area contributed by atoms with Crippen LogP contribution in [0.3, 0.4) is 0 Å². The minimum Gasteiger partial charge on any atom is -0.546 e. The van der Waals surface area contributed by atoms with Gasteiger partial charge in [0.05, 0.1) is 11.7 Å². The number of allylic oxidation sites excluding steroid dienone is 2. The number of Topliss-reactive ketones (excluding diaryl/α,β-unsaturated/α-hetero) is 1. The smallest absolute Gasteiger partial charge is 0.546 e. The Hall–Kier alpha value is -0.0136. The summed E-state index contributed by atoms with van der Waals surface area (Å²) in [6, 6.07) is 0. The van der Waals surface area contributed by atoms with Crippen LogP contribution in [0.25, 0.3) is 0 Å². The number of aliphatic carboxylic acids is 1. The number of rotatable bonds is 4. The molecule has 0 aromatic carbocycles. The van der Waals surface area contributed by atoms with Crippen molar-refractivity contribution >= 4 is 17.5 Å². The topological polar surface area (TPSA) is 78.8 Å². The summed E-state index contributed by atoms with van der Waals surface area (Å²) >= 11 is 0. The molecule has 4 aliphatic carbocycles. The first kappa shape index (κ1) is 23.6. The van der Waals surface area contributed by atoms with Gasteiger partial charge in [-0.05, 0) is 93.0 Å². The van der Waals surface area contributed by atoms with Crippen LogP contribution in [0.4, 0.5) is 0 Å². The molecule has 4 rings (SSSR count). The van der Waals surface area contributed by atoms with E-state index in [0.29, 0.717) is 17.6 Å². The average molecular weight is 426 g/mol. The predicted molar refractivity (Wildman–Crippen MR) is 104 cm³/mol. The summed E-state index contributed by atoms with van der Waals surface area (Å²) in [7, 11) is 0. The van der Waals surface area contributed by atoms with Crippen LogP contribution in [0.2, 0.25) is 0 Å². The minimum absolute atomic E-state index is 0. The summed E-state index contributed by atoms with van der Waals surface area (Å²) in [6.07, 6.45) is 11.0. The van der Waals surface area contributed by atoms with Crippen LogP contribution in [0.15, 0.2) is 16.8 Å². The zero-order valence-corrected chi connectivity index (χ0v) is 21.5. The van der Waals surface area contributed by atoms with E-state index in [-0.39, 0.29) is 68.1 Å². The number of oxime groups is 1. The SMILES string of the molecule is CC(=O)[C@H]1CC[C@H]2[C@@H]3CCC4=C/C(=N/OCC(=O)[O-])CC[C@]4(C)[C@H]3CC[C@]12C.[K+]. The molecule has 0 unspecified atom stereocenters. The monoisotopic (exact) mass is 425 g/mol. The molecule has 3 saturated carbocycles. The normalized spacial score (nSPS) is 42.0. The number of carbonyl (C=O) groups is 2. The second kappa shape index (κ2) is 8.85. The maximum absolute atomic E-state index is 12.2. The van der Waals surface area contributed by atoms with Gasteiger partial charge in [-0.3, -0.25) is 4.79 Å². The summed E-state index contributed by atoms with van der Waals surface area (Å²) in [5, 5.41) is 14.5. The molecule has 0 aromatic rings. The van der Waals surface area contributed by atoms with Crippen molar-refractivity contribution in [3.63, 3.8) is 0 Å². The number of hydrogen-bond acceptors (Lipinski definition) is 5. The van der Waals surface area contributed by atoms with E-state index in [0.717, 1.165) is 37.3 Å². The third-order valence-corrected chi connectivity index (χ3v) is 8.83. The molecule has 0 heterocycles. The quantitative estimate of drug-likeness (QED) is 0.479. The molecule has 5 nitrogen and oxygen atoms in total. The standard InChI is InChI=1S/C23H33NO4.K/c1-14(25)18-6-7-19-17-5-4-15-12-16(24-28-13-21(26)27)8-10-22(15,2)20(17)9-11-23(18,19)3;/h12,17-20H,4-11,13H2,1-3H3,(H,26,27);/q;+1/p-1/b24-16+;/t17-,18+,19-,20-,22-,23+;/m0./s1. The summed E-state index contributed by atoms with van der Waals surface area (Å²) in [6.45, 7) is 6.11. The zero-order valence-electron chi connectivity index (χ0n) is 18.3. The molecular formula is C23H32KNO4. The van der Waals surface area contributed by atoms with Gasteiger partial charge in [-0.15, -0.1) is 0 Å². The van der Waals surface area contributed by atoms with E-state index >= 15 is 0 Å². The molecule has 6 heteroatoms. The Morgan fingerprint density at radius 2 is 1.90 bits per heavy atom. The van der Waals surface area contributed by atoms with E-state index in [1.165, 1.54) is 31.3 Å². The fraction of sp³-hybridized carbons (Fsp3) is 0.783. The second-order valence-corrected chi connectivity index (χ2v) is 10.0. The zero-order chi connectivity index (χ0) is 20.1. The maximum atomic E-state index is 12.2. The first-order valence-corrected chi connectivity index (χ1v) is 10.9. The first-order valence-electron chi connectivity index (χ1n) is 10.9. The molecule has 0 amide bonds. The number of fused-ring (bicyclic) bond motifs is 5. The van der Waals surface area contributed by atoms with E-state index < -0.39 is 12.6 Å². The summed E-state index contributed by atoms with van der Waals surface area (Å²) < 4.78 is 0. The largest absolute Gasteiger partial charge is 1.00 e. The van der Waals surface area contributed by atoms with Gasteiger partial charge in [0.1, 0.15) is 5.78 Å². The Morgan fingerprint density at radius 3 is 2.59 bits per heavy atom. The summed E-state index contributed by atoms with van der Waals surface area (Å²) in [5.41, 5.74) is 2.71. The van der Waals surface area contributed by atoms with Crippen molar-refractivity contribution in [2.24, 2.45) is 39.7 Å². The molecule has 0 N–H and O–H groups in total. The van der Waals surface area contributed by atoms with Crippen LogP contribution in [-0.4, -0.2) is 24.1 Å². The Kier molecular flexibility index (Phi) is 7.22. The number of nitrogens with zero attached hydrogens (tertiary/aromatic N) is 1. The molecule has 154 valence electrons. The van der Waals surface area contributed by atoms with Gasteiger partial charge in [0, 0.05) is 5.92 Å². The van der Waals surface area contributed by atoms with Gasteiger partial charge >= 0.3 is 51.4 Å². The third-order valence-electron chi connectivity index (χ3n) is 8.83. The molecule has 0 saturated heterocycles. The summed E-state index contributed by atoms with van der Waals surface area (Å²) in [4.78, 5) is 27.7. The van der Waals surface area contributed by atoms with Gasteiger partial charge in [-0.2, -0.15) is 0 Å². The predicted octanol–water partition coefficient (Wildman–Crippen LogP) is 0.281. The van der Waals surface area contributed by atoms with Gasteiger partial charge in [0.25, 0.3) is 0 Å². The molecule has 29 heavy (non-hydrogen) atoms. The first-order chi connectivity index (χ1) is 13.3. The van der Waals surface area contributed by atoms with E-state index in [4.69, 9.17) is 4.84 Å². The van der Waals surface area contributed by atoms with Crippen molar-refractivity contribution in [1.82, 2.24) is 0 Å². The van der Waals surface area contributed by atoms with Crippen molar-refractivity contribution in [1.29, 1.82) is 0 Å². The molecule has 0 spiro atoms.